The highest BCUT2D eigenvalue weighted by Gasteiger charge is 2.01. The lowest BCUT2D eigenvalue weighted by Crippen LogP contribution is -2.09. The van der Waals surface area contributed by atoms with Gasteiger partial charge in [-0.3, -0.25) is 0 Å². The third kappa shape index (κ3) is 3.21. The zero-order valence-electron chi connectivity index (χ0n) is 9.93. The molecule has 88 valence electrons. The summed E-state index contributed by atoms with van der Waals surface area (Å²) in [7, 11) is 5.07. The topological polar surface area (TPSA) is 18.5 Å². The highest BCUT2D eigenvalue weighted by molar-refractivity contribution is 5.83. The Morgan fingerprint density at radius 2 is 1.88 bits per heavy atom. The Bertz CT molecular complexity index is 479. The number of benzene rings is 2. The number of hydrogen-bond donors (Lipinski definition) is 0. The van der Waals surface area contributed by atoms with Crippen LogP contribution in [0.4, 0.5) is 0 Å². The first kappa shape index (κ1) is 11.9. The first-order valence-corrected chi connectivity index (χ1v) is 5.77. The third-order valence-electron chi connectivity index (χ3n) is 2.75. The molecule has 0 saturated carbocycles. The van der Waals surface area contributed by atoms with Crippen LogP contribution in [0.15, 0.2) is 42.5 Å². The van der Waals surface area contributed by atoms with E-state index in [1.807, 2.05) is 31.2 Å². The van der Waals surface area contributed by atoms with Crippen LogP contribution < -0.4 is 4.74 Å². The maximum Gasteiger partial charge on any atom is 0.119 e. The Hall–Kier alpha value is -1.54. The van der Waals surface area contributed by atoms with Gasteiger partial charge >= 0.3 is 0 Å². The van der Waals surface area contributed by atoms with Gasteiger partial charge in [-0.2, -0.15) is 0 Å². The molecule has 2 aromatic rings. The monoisotopic (exact) mass is 228 g/mol. The number of fused-ring (bicyclic) bond motifs is 1. The molecule has 0 fully saturated rings. The van der Waals surface area contributed by atoms with E-state index in [2.05, 4.69) is 22.9 Å². The van der Waals surface area contributed by atoms with Crippen LogP contribution >= 0.6 is 0 Å². The lowest BCUT2D eigenvalue weighted by Gasteiger charge is -2.10. The van der Waals surface area contributed by atoms with Crippen LogP contribution in [0.25, 0.3) is 10.8 Å². The molecule has 0 aliphatic heterocycles. The van der Waals surface area contributed by atoms with Crippen LogP contribution in [-0.2, 0) is 4.74 Å². The van der Waals surface area contributed by atoms with Gasteiger partial charge in [0, 0.05) is 6.42 Å². The van der Waals surface area contributed by atoms with Crippen molar-refractivity contribution in [3.05, 3.63) is 49.6 Å². The molecule has 2 aromatic carbocycles. The lowest BCUT2D eigenvalue weighted by atomic mass is 10.1. The molecule has 0 aromatic heterocycles. The minimum absolute atomic E-state index is 0.0236. The standard InChI is InChI=1S/C15H16O2/c1-12(16-2)9-10-17-15-8-7-13-5-3-4-6-14(13)11-15/h2-8,11-12H,9-10H2,1H3. The molecule has 2 rings (SSSR count). The zero-order chi connectivity index (χ0) is 12.1. The van der Waals surface area contributed by atoms with Gasteiger partial charge in [-0.1, -0.05) is 30.3 Å². The molecular weight excluding hydrogens is 212 g/mol. The van der Waals surface area contributed by atoms with Gasteiger partial charge in [-0.05, 0) is 29.8 Å². The maximum atomic E-state index is 5.65. The molecule has 17 heavy (non-hydrogen) atoms. The fourth-order valence-electron chi connectivity index (χ4n) is 1.67. The van der Waals surface area contributed by atoms with Crippen molar-refractivity contribution in [2.75, 3.05) is 6.61 Å². The average molecular weight is 228 g/mol. The largest absolute Gasteiger partial charge is 0.493 e. The number of rotatable bonds is 5. The van der Waals surface area contributed by atoms with Crippen molar-refractivity contribution in [2.24, 2.45) is 0 Å². The Morgan fingerprint density at radius 3 is 2.65 bits per heavy atom. The summed E-state index contributed by atoms with van der Waals surface area (Å²) in [5.74, 6) is 0.882. The summed E-state index contributed by atoms with van der Waals surface area (Å²) in [6.45, 7) is 2.53. The summed E-state index contributed by atoms with van der Waals surface area (Å²) < 4.78 is 10.3. The van der Waals surface area contributed by atoms with E-state index < -0.39 is 0 Å². The summed E-state index contributed by atoms with van der Waals surface area (Å²) in [5, 5.41) is 2.41. The fraction of sp³-hybridized carbons (Fsp3) is 0.267. The van der Waals surface area contributed by atoms with Gasteiger partial charge in [-0.25, -0.2) is 0 Å². The van der Waals surface area contributed by atoms with Crippen LogP contribution in [0, 0.1) is 7.11 Å². The van der Waals surface area contributed by atoms with E-state index in [0.717, 1.165) is 12.2 Å². The van der Waals surface area contributed by atoms with Crippen molar-refractivity contribution in [2.45, 2.75) is 19.4 Å². The van der Waals surface area contributed by atoms with E-state index in [9.17, 15) is 0 Å². The van der Waals surface area contributed by atoms with Gasteiger partial charge in [-0.15, -0.1) is 0 Å². The fourth-order valence-corrected chi connectivity index (χ4v) is 1.67. The van der Waals surface area contributed by atoms with E-state index in [1.54, 1.807) is 0 Å². The second kappa shape index (κ2) is 5.69. The quantitative estimate of drug-likeness (QED) is 0.777. The smallest absolute Gasteiger partial charge is 0.119 e. The second-order valence-electron chi connectivity index (χ2n) is 4.09. The highest BCUT2D eigenvalue weighted by atomic mass is 16.5. The Morgan fingerprint density at radius 1 is 1.12 bits per heavy atom. The van der Waals surface area contributed by atoms with Crippen LogP contribution in [0.1, 0.15) is 13.3 Å². The minimum Gasteiger partial charge on any atom is -0.493 e. The van der Waals surface area contributed by atoms with E-state index in [4.69, 9.17) is 11.8 Å². The van der Waals surface area contributed by atoms with Crippen molar-refractivity contribution in [3.8, 4) is 5.75 Å². The normalized spacial score (nSPS) is 12.6. The molecule has 2 heteroatoms. The van der Waals surface area contributed by atoms with Crippen molar-refractivity contribution in [1.82, 2.24) is 0 Å². The Kier molecular flexibility index (Phi) is 3.99. The van der Waals surface area contributed by atoms with Crippen molar-refractivity contribution in [1.29, 1.82) is 0 Å². The lowest BCUT2D eigenvalue weighted by molar-refractivity contribution is 0.126. The molecule has 0 aliphatic rings. The predicted octanol–water partition coefficient (Wildman–Crippen LogP) is 3.68. The minimum atomic E-state index is 0.0236. The van der Waals surface area contributed by atoms with Crippen LogP contribution in [-0.4, -0.2) is 12.7 Å². The summed E-state index contributed by atoms with van der Waals surface area (Å²) in [6, 6.07) is 14.3. The zero-order valence-corrected chi connectivity index (χ0v) is 9.93. The first-order valence-electron chi connectivity index (χ1n) is 5.77. The number of ether oxygens (including phenoxy) is 2. The first-order chi connectivity index (χ1) is 8.29. The molecule has 0 spiro atoms. The molecule has 0 heterocycles. The van der Waals surface area contributed by atoms with Crippen molar-refractivity contribution < 1.29 is 9.47 Å². The molecule has 1 atom stereocenters. The summed E-state index contributed by atoms with van der Waals surface area (Å²) in [5.41, 5.74) is 0. The average Bonchev–Trinajstić information content (AvgIpc) is 2.38. The number of hydrogen-bond acceptors (Lipinski definition) is 2. The second-order valence-corrected chi connectivity index (χ2v) is 4.09. The van der Waals surface area contributed by atoms with Gasteiger partial charge < -0.3 is 9.47 Å². The Labute approximate surface area is 102 Å². The molecule has 0 N–H and O–H groups in total. The highest BCUT2D eigenvalue weighted by Crippen LogP contribution is 2.20. The molecular formula is C15H16O2. The molecule has 0 aliphatic carbocycles. The Balaban J connectivity index is 1.99. The summed E-state index contributed by atoms with van der Waals surface area (Å²) in [6.07, 6.45) is 0.805. The van der Waals surface area contributed by atoms with Crippen LogP contribution in [0.5, 0.6) is 5.75 Å². The summed E-state index contributed by atoms with van der Waals surface area (Å²) in [4.78, 5) is 0. The van der Waals surface area contributed by atoms with Crippen molar-refractivity contribution in [3.63, 3.8) is 0 Å². The van der Waals surface area contributed by atoms with Gasteiger partial charge in [0.05, 0.1) is 12.7 Å². The van der Waals surface area contributed by atoms with Gasteiger partial charge in [0.25, 0.3) is 0 Å². The summed E-state index contributed by atoms with van der Waals surface area (Å²) >= 11 is 0. The van der Waals surface area contributed by atoms with Gasteiger partial charge in [0.2, 0.25) is 0 Å². The van der Waals surface area contributed by atoms with Gasteiger partial charge in [0.1, 0.15) is 12.9 Å². The molecule has 2 nitrogen and oxygen atoms in total. The SMILES string of the molecule is [CH]OC(C)CCOc1ccc2ccccc2c1. The van der Waals surface area contributed by atoms with Crippen LogP contribution in [0.2, 0.25) is 0 Å². The molecule has 1 unspecified atom stereocenters. The molecule has 0 bridgehead atoms. The predicted molar refractivity (Wildman–Crippen MR) is 68.9 cm³/mol. The van der Waals surface area contributed by atoms with E-state index >= 15 is 0 Å². The van der Waals surface area contributed by atoms with Crippen LogP contribution in [0.3, 0.4) is 0 Å². The van der Waals surface area contributed by atoms with E-state index in [-0.39, 0.29) is 6.10 Å². The van der Waals surface area contributed by atoms with E-state index in [0.29, 0.717) is 6.61 Å². The molecule has 0 saturated heterocycles. The maximum absolute atomic E-state index is 5.65. The van der Waals surface area contributed by atoms with Gasteiger partial charge in [0.15, 0.2) is 0 Å². The van der Waals surface area contributed by atoms with Crippen molar-refractivity contribution >= 4 is 10.8 Å². The molecule has 2 radical (unpaired) electrons. The molecule has 0 amide bonds. The third-order valence-corrected chi connectivity index (χ3v) is 2.75. The van der Waals surface area contributed by atoms with E-state index in [1.165, 1.54) is 10.8 Å².